The Balaban J connectivity index is 2.08. The molecule has 1 unspecified atom stereocenters. The molecule has 1 aromatic carbocycles. The zero-order valence-electron chi connectivity index (χ0n) is 8.38. The van der Waals surface area contributed by atoms with E-state index in [0.717, 1.165) is 0 Å². The summed E-state index contributed by atoms with van der Waals surface area (Å²) in [4.78, 5) is 18.4. The summed E-state index contributed by atoms with van der Waals surface area (Å²) < 4.78 is 0. The number of carbonyl (C=O) groups is 1. The topological polar surface area (TPSA) is 41.9 Å². The van der Waals surface area contributed by atoms with E-state index in [9.17, 15) is 4.79 Å². The molecule has 1 radical (unpaired) electrons. The lowest BCUT2D eigenvalue weighted by molar-refractivity contribution is -0.0145. The van der Waals surface area contributed by atoms with E-state index in [1.807, 2.05) is 18.2 Å². The molecule has 1 aromatic rings. The van der Waals surface area contributed by atoms with Crippen molar-refractivity contribution in [2.24, 2.45) is 5.16 Å². The van der Waals surface area contributed by atoms with E-state index in [1.165, 1.54) is 4.90 Å². The van der Waals surface area contributed by atoms with Gasteiger partial charge < -0.3 is 9.74 Å². The van der Waals surface area contributed by atoms with Crippen molar-refractivity contribution in [3.8, 4) is 0 Å². The molecule has 0 aromatic heterocycles. The zero-order valence-corrected chi connectivity index (χ0v) is 8.38. The maximum absolute atomic E-state index is 11.9. The molecule has 0 aliphatic carbocycles. The summed E-state index contributed by atoms with van der Waals surface area (Å²) in [6, 6.07) is 9.09. The molecule has 4 heteroatoms. The summed E-state index contributed by atoms with van der Waals surface area (Å²) in [5, 5.41) is 3.52. The van der Waals surface area contributed by atoms with Crippen LogP contribution in [-0.4, -0.2) is 30.3 Å². The van der Waals surface area contributed by atoms with Crippen LogP contribution in [0.2, 0.25) is 0 Å². The van der Waals surface area contributed by atoms with Crippen LogP contribution in [-0.2, 0) is 4.84 Å². The van der Waals surface area contributed by atoms with Gasteiger partial charge in [0.15, 0.2) is 0 Å². The number of benzene rings is 1. The third kappa shape index (κ3) is 1.98. The Kier molecular flexibility index (Phi) is 2.67. The summed E-state index contributed by atoms with van der Waals surface area (Å²) in [6.45, 7) is 0. The summed E-state index contributed by atoms with van der Waals surface area (Å²) in [7, 11) is 1.70. The predicted molar refractivity (Wildman–Crippen MR) is 55.5 cm³/mol. The van der Waals surface area contributed by atoms with Crippen molar-refractivity contribution in [2.45, 2.75) is 12.6 Å². The average Bonchev–Trinajstić information content (AvgIpc) is 2.82. The molecule has 77 valence electrons. The highest BCUT2D eigenvalue weighted by atomic mass is 16.7. The Hall–Kier alpha value is -1.84. The second kappa shape index (κ2) is 4.13. The number of carbonyl (C=O) groups excluding carboxylic acids is 1. The molecule has 0 spiro atoms. The second-order valence-corrected chi connectivity index (χ2v) is 3.30. The van der Waals surface area contributed by atoms with Gasteiger partial charge in [0.05, 0.1) is 6.42 Å². The Labute approximate surface area is 88.1 Å². The third-order valence-electron chi connectivity index (χ3n) is 2.28. The smallest absolute Gasteiger partial charge is 0.256 e. The van der Waals surface area contributed by atoms with Crippen molar-refractivity contribution in [3.05, 3.63) is 35.9 Å². The molecule has 0 N–H and O–H groups in total. The first-order valence-electron chi connectivity index (χ1n) is 4.70. The molecule has 1 aliphatic heterocycles. The number of amides is 1. The molecule has 0 saturated carbocycles. The SMILES string of the molecule is CN(C(=O)c1ccccc1)C1C[C]=NO1. The van der Waals surface area contributed by atoms with Crippen LogP contribution in [0.4, 0.5) is 0 Å². The van der Waals surface area contributed by atoms with Gasteiger partial charge in [-0.25, -0.2) is 0 Å². The minimum absolute atomic E-state index is 0.0699. The van der Waals surface area contributed by atoms with Gasteiger partial charge in [0.1, 0.15) is 6.21 Å². The maximum atomic E-state index is 11.9. The van der Waals surface area contributed by atoms with Crippen molar-refractivity contribution >= 4 is 12.1 Å². The molecule has 1 amide bonds. The van der Waals surface area contributed by atoms with Crippen molar-refractivity contribution in [2.75, 3.05) is 7.05 Å². The lowest BCUT2D eigenvalue weighted by Crippen LogP contribution is -2.36. The van der Waals surface area contributed by atoms with Crippen LogP contribution in [0.3, 0.4) is 0 Å². The fraction of sp³-hybridized carbons (Fsp3) is 0.273. The molecular weight excluding hydrogens is 192 g/mol. The molecule has 1 atom stereocenters. The highest BCUT2D eigenvalue weighted by Gasteiger charge is 2.24. The zero-order chi connectivity index (χ0) is 10.7. The molecule has 15 heavy (non-hydrogen) atoms. The lowest BCUT2D eigenvalue weighted by atomic mass is 10.2. The van der Waals surface area contributed by atoms with E-state index in [-0.39, 0.29) is 12.1 Å². The highest BCUT2D eigenvalue weighted by molar-refractivity contribution is 5.94. The summed E-state index contributed by atoms with van der Waals surface area (Å²) in [5.41, 5.74) is 0.649. The van der Waals surface area contributed by atoms with E-state index >= 15 is 0 Å². The first-order chi connectivity index (χ1) is 7.29. The Bertz CT molecular complexity index is 367. The van der Waals surface area contributed by atoms with Crippen molar-refractivity contribution in [1.82, 2.24) is 4.90 Å². The Morgan fingerprint density at radius 2 is 2.27 bits per heavy atom. The molecular formula is C11H11N2O2. The lowest BCUT2D eigenvalue weighted by Gasteiger charge is -2.21. The van der Waals surface area contributed by atoms with Gasteiger partial charge >= 0.3 is 0 Å². The summed E-state index contributed by atoms with van der Waals surface area (Å²) in [6.07, 6.45) is 2.87. The van der Waals surface area contributed by atoms with Crippen LogP contribution < -0.4 is 0 Å². The Morgan fingerprint density at radius 1 is 1.53 bits per heavy atom. The largest absolute Gasteiger partial charge is 0.370 e. The number of nitrogens with zero attached hydrogens (tertiary/aromatic N) is 2. The molecule has 0 bridgehead atoms. The van der Waals surface area contributed by atoms with Crippen LogP contribution in [0.5, 0.6) is 0 Å². The van der Waals surface area contributed by atoms with Crippen molar-refractivity contribution < 1.29 is 9.63 Å². The van der Waals surface area contributed by atoms with Gasteiger partial charge in [-0.1, -0.05) is 23.4 Å². The average molecular weight is 203 g/mol. The van der Waals surface area contributed by atoms with Crippen LogP contribution >= 0.6 is 0 Å². The van der Waals surface area contributed by atoms with Gasteiger partial charge in [-0.2, -0.15) is 0 Å². The number of hydrogen-bond donors (Lipinski definition) is 0. The van der Waals surface area contributed by atoms with E-state index in [1.54, 1.807) is 19.2 Å². The van der Waals surface area contributed by atoms with Gasteiger partial charge in [0.25, 0.3) is 5.91 Å². The Morgan fingerprint density at radius 3 is 2.87 bits per heavy atom. The van der Waals surface area contributed by atoms with Gasteiger partial charge in [-0.05, 0) is 12.1 Å². The van der Waals surface area contributed by atoms with Gasteiger partial charge in [-0.15, -0.1) is 0 Å². The van der Waals surface area contributed by atoms with E-state index < -0.39 is 0 Å². The van der Waals surface area contributed by atoms with Crippen LogP contribution in [0.25, 0.3) is 0 Å². The minimum atomic E-state index is -0.322. The van der Waals surface area contributed by atoms with E-state index in [2.05, 4.69) is 11.4 Å². The predicted octanol–water partition coefficient (Wildman–Crippen LogP) is 1.37. The minimum Gasteiger partial charge on any atom is -0.370 e. The van der Waals surface area contributed by atoms with Crippen LogP contribution in [0.1, 0.15) is 16.8 Å². The normalized spacial score (nSPS) is 18.6. The van der Waals surface area contributed by atoms with Crippen molar-refractivity contribution in [1.29, 1.82) is 0 Å². The first-order valence-corrected chi connectivity index (χ1v) is 4.70. The molecule has 1 heterocycles. The second-order valence-electron chi connectivity index (χ2n) is 3.30. The van der Waals surface area contributed by atoms with Crippen molar-refractivity contribution in [3.63, 3.8) is 0 Å². The standard InChI is InChI=1S/C11H11N2O2/c1-13(10-7-8-12-15-10)11(14)9-5-3-2-4-6-9/h2-6,10H,7H2,1H3. The van der Waals surface area contributed by atoms with Gasteiger partial charge in [-0.3, -0.25) is 4.79 Å². The van der Waals surface area contributed by atoms with Gasteiger partial charge in [0.2, 0.25) is 6.23 Å². The molecule has 4 nitrogen and oxygen atoms in total. The molecule has 1 aliphatic rings. The molecule has 0 saturated heterocycles. The summed E-state index contributed by atoms with van der Waals surface area (Å²) >= 11 is 0. The third-order valence-corrected chi connectivity index (χ3v) is 2.28. The molecule has 0 fully saturated rings. The van der Waals surface area contributed by atoms with Crippen LogP contribution in [0.15, 0.2) is 35.5 Å². The molecule has 2 rings (SSSR count). The maximum Gasteiger partial charge on any atom is 0.256 e. The quantitative estimate of drug-likeness (QED) is 0.728. The fourth-order valence-corrected chi connectivity index (χ4v) is 1.37. The fourth-order valence-electron chi connectivity index (χ4n) is 1.37. The van der Waals surface area contributed by atoms with E-state index in [4.69, 9.17) is 4.84 Å². The monoisotopic (exact) mass is 203 g/mol. The van der Waals surface area contributed by atoms with Crippen LogP contribution in [0, 0.1) is 0 Å². The highest BCUT2D eigenvalue weighted by Crippen LogP contribution is 2.12. The number of hydrogen-bond acceptors (Lipinski definition) is 3. The first kappa shape index (κ1) is 9.71. The van der Waals surface area contributed by atoms with Gasteiger partial charge in [0, 0.05) is 12.6 Å². The summed E-state index contributed by atoms with van der Waals surface area (Å²) in [5.74, 6) is -0.0699. The number of rotatable bonds is 2. The van der Waals surface area contributed by atoms with E-state index in [0.29, 0.717) is 12.0 Å².